The third kappa shape index (κ3) is 9.46. The Labute approximate surface area is 259 Å². The van der Waals surface area contributed by atoms with Gasteiger partial charge in [-0.1, -0.05) is 69.6 Å². The second-order valence-corrected chi connectivity index (χ2v) is 12.7. The van der Waals surface area contributed by atoms with Crippen LogP contribution in [0, 0.1) is 11.3 Å². The van der Waals surface area contributed by atoms with E-state index in [2.05, 4.69) is 26.0 Å². The molecule has 11 heteroatoms. The molecule has 2 aliphatic rings. The molecule has 3 amide bonds. The molecule has 1 aromatic heterocycles. The summed E-state index contributed by atoms with van der Waals surface area (Å²) in [5, 5.41) is 12.6. The number of hydrogen-bond donors (Lipinski definition) is 3. The summed E-state index contributed by atoms with van der Waals surface area (Å²) in [5.74, 6) is -0.631. The second kappa shape index (κ2) is 15.4. The number of ether oxygens (including phenoxy) is 1. The molecule has 2 fully saturated rings. The molecule has 1 saturated heterocycles. The fourth-order valence-electron chi connectivity index (χ4n) is 5.42. The van der Waals surface area contributed by atoms with Gasteiger partial charge in [0, 0.05) is 31.0 Å². The van der Waals surface area contributed by atoms with Crippen LogP contribution in [0.4, 0.5) is 0 Å². The van der Waals surface area contributed by atoms with Crippen LogP contribution < -0.4 is 16.0 Å². The highest BCUT2D eigenvalue weighted by Gasteiger charge is 2.48. The van der Waals surface area contributed by atoms with Gasteiger partial charge in [0.05, 0.1) is 25.8 Å². The smallest absolute Gasteiger partial charge is 0.274 e. The molecule has 44 heavy (non-hydrogen) atoms. The lowest BCUT2D eigenvalue weighted by Crippen LogP contribution is -2.57. The number of Topliss-reactive ketones (excluding diaryl/α,β-unsaturated/α-hetero) is 1. The number of carbonyl (C=O) groups excluding carboxylic acids is 4. The highest BCUT2D eigenvalue weighted by molar-refractivity contribution is 5.98. The molecule has 4 rings (SSSR count). The zero-order valence-corrected chi connectivity index (χ0v) is 26.4. The third-order valence-corrected chi connectivity index (χ3v) is 8.32. The number of benzene rings is 1. The lowest BCUT2D eigenvalue weighted by atomic mass is 9.91. The standard InChI is InChI=1S/C33H47N5O6/c1-5-9-25(34-32(42)28-20-24(44-37-28)21-38-14-16-43-17-15-38)30(40)36-27(19-23-10-7-6-8-11-23)31(41)35-26(18-22(2)3)29(39)33(4)12-13-33/h6-8,10-11,20,22,25-27H,5,9,12-19,21H2,1-4H3,(H,34,42)(H,35,41)(H,36,40)/t25-,26-,27-/m0/s1. The van der Waals surface area contributed by atoms with Gasteiger partial charge in [0.25, 0.3) is 5.91 Å². The van der Waals surface area contributed by atoms with Crippen molar-refractivity contribution in [1.29, 1.82) is 0 Å². The lowest BCUT2D eigenvalue weighted by molar-refractivity contribution is -0.133. The van der Waals surface area contributed by atoms with Crippen LogP contribution in [0.1, 0.15) is 81.6 Å². The van der Waals surface area contributed by atoms with Crippen LogP contribution in [0.2, 0.25) is 0 Å². The molecule has 0 spiro atoms. The van der Waals surface area contributed by atoms with E-state index >= 15 is 0 Å². The number of hydrogen-bond acceptors (Lipinski definition) is 8. The minimum absolute atomic E-state index is 0.0426. The fraction of sp³-hybridized carbons (Fsp3) is 0.606. The van der Waals surface area contributed by atoms with Gasteiger partial charge in [-0.15, -0.1) is 0 Å². The maximum Gasteiger partial charge on any atom is 0.274 e. The first-order valence-electron chi connectivity index (χ1n) is 15.8. The van der Waals surface area contributed by atoms with Crippen LogP contribution in [0.3, 0.4) is 0 Å². The predicted molar refractivity (Wildman–Crippen MR) is 165 cm³/mol. The molecule has 3 N–H and O–H groups in total. The molecule has 11 nitrogen and oxygen atoms in total. The SMILES string of the molecule is CCC[C@H](NC(=O)c1cc(CN2CCOCC2)on1)C(=O)N[C@@H](Cc1ccccc1)C(=O)N[C@@H](CC(C)C)C(=O)C1(C)CC1. The average Bonchev–Trinajstić information content (AvgIpc) is 3.59. The maximum atomic E-state index is 13.7. The molecule has 1 aromatic carbocycles. The van der Waals surface area contributed by atoms with Crippen LogP contribution in [-0.2, 0) is 32.1 Å². The normalized spacial score (nSPS) is 18.2. The quantitative estimate of drug-likeness (QED) is 0.264. The van der Waals surface area contributed by atoms with Crippen LogP contribution >= 0.6 is 0 Å². The predicted octanol–water partition coefficient (Wildman–Crippen LogP) is 3.03. The van der Waals surface area contributed by atoms with Crippen molar-refractivity contribution in [1.82, 2.24) is 26.0 Å². The van der Waals surface area contributed by atoms with E-state index in [1.807, 2.05) is 58.0 Å². The van der Waals surface area contributed by atoms with Crippen molar-refractivity contribution in [3.05, 3.63) is 53.4 Å². The largest absolute Gasteiger partial charge is 0.379 e. The Balaban J connectivity index is 1.45. The Morgan fingerprint density at radius 1 is 0.955 bits per heavy atom. The summed E-state index contributed by atoms with van der Waals surface area (Å²) in [6, 6.07) is 8.52. The van der Waals surface area contributed by atoms with Gasteiger partial charge in [0.15, 0.2) is 17.2 Å². The summed E-state index contributed by atoms with van der Waals surface area (Å²) in [6.07, 6.45) is 3.38. The first-order valence-corrected chi connectivity index (χ1v) is 15.8. The van der Waals surface area contributed by atoms with Gasteiger partial charge < -0.3 is 25.2 Å². The van der Waals surface area contributed by atoms with E-state index in [9.17, 15) is 19.2 Å². The second-order valence-electron chi connectivity index (χ2n) is 12.7. The van der Waals surface area contributed by atoms with Gasteiger partial charge in [0.1, 0.15) is 12.1 Å². The molecular weight excluding hydrogens is 562 g/mol. The fourth-order valence-corrected chi connectivity index (χ4v) is 5.42. The number of rotatable bonds is 16. The molecular formula is C33H47N5O6. The first kappa shape index (κ1) is 33.3. The summed E-state index contributed by atoms with van der Waals surface area (Å²) < 4.78 is 10.8. The molecule has 2 heterocycles. The molecule has 0 radical (unpaired) electrons. The summed E-state index contributed by atoms with van der Waals surface area (Å²) in [7, 11) is 0. The lowest BCUT2D eigenvalue weighted by Gasteiger charge is -2.27. The number of morpholine rings is 1. The Hall–Kier alpha value is -3.57. The minimum atomic E-state index is -0.942. The van der Waals surface area contributed by atoms with Gasteiger partial charge >= 0.3 is 0 Å². The van der Waals surface area contributed by atoms with Crippen molar-refractivity contribution in [3.63, 3.8) is 0 Å². The van der Waals surface area contributed by atoms with Gasteiger partial charge in [-0.05, 0) is 37.2 Å². The minimum Gasteiger partial charge on any atom is -0.379 e. The Kier molecular flexibility index (Phi) is 11.7. The first-order chi connectivity index (χ1) is 21.1. The molecule has 1 saturated carbocycles. The van der Waals surface area contributed by atoms with Crippen molar-refractivity contribution >= 4 is 23.5 Å². The number of aromatic nitrogens is 1. The van der Waals surface area contributed by atoms with Crippen LogP contribution in [-0.4, -0.2) is 78.0 Å². The maximum absolute atomic E-state index is 13.7. The van der Waals surface area contributed by atoms with Gasteiger partial charge in [-0.25, -0.2) is 0 Å². The summed E-state index contributed by atoms with van der Waals surface area (Å²) in [6.45, 7) is 11.2. The van der Waals surface area contributed by atoms with Gasteiger partial charge in [-0.2, -0.15) is 0 Å². The molecule has 2 aromatic rings. The third-order valence-electron chi connectivity index (χ3n) is 8.32. The van der Waals surface area contributed by atoms with Crippen molar-refractivity contribution in [2.75, 3.05) is 26.3 Å². The van der Waals surface area contributed by atoms with Gasteiger partial charge in [-0.3, -0.25) is 24.1 Å². The van der Waals surface area contributed by atoms with E-state index < -0.39 is 41.3 Å². The number of carbonyl (C=O) groups is 4. The van der Waals surface area contributed by atoms with Crippen molar-refractivity contribution < 1.29 is 28.4 Å². The van der Waals surface area contributed by atoms with E-state index in [0.717, 1.165) is 31.5 Å². The molecule has 1 aliphatic carbocycles. The van der Waals surface area contributed by atoms with E-state index in [4.69, 9.17) is 9.26 Å². The Morgan fingerprint density at radius 2 is 1.61 bits per heavy atom. The number of nitrogens with one attached hydrogen (secondary N) is 3. The van der Waals surface area contributed by atoms with Crippen molar-refractivity contribution in [3.8, 4) is 0 Å². The number of amides is 3. The van der Waals surface area contributed by atoms with Crippen LogP contribution in [0.5, 0.6) is 0 Å². The molecule has 240 valence electrons. The monoisotopic (exact) mass is 609 g/mol. The highest BCUT2D eigenvalue weighted by Crippen LogP contribution is 2.47. The van der Waals surface area contributed by atoms with E-state index in [1.165, 1.54) is 0 Å². The van der Waals surface area contributed by atoms with Crippen molar-refractivity contribution in [2.24, 2.45) is 11.3 Å². The van der Waals surface area contributed by atoms with E-state index in [0.29, 0.717) is 44.8 Å². The van der Waals surface area contributed by atoms with Crippen molar-refractivity contribution in [2.45, 2.75) is 90.9 Å². The van der Waals surface area contributed by atoms with Crippen LogP contribution in [0.25, 0.3) is 0 Å². The summed E-state index contributed by atoms with van der Waals surface area (Å²) in [5.41, 5.74) is 0.551. The Bertz CT molecular complexity index is 1270. The Morgan fingerprint density at radius 3 is 2.25 bits per heavy atom. The van der Waals surface area contributed by atoms with E-state index in [1.54, 1.807) is 6.07 Å². The van der Waals surface area contributed by atoms with Gasteiger partial charge in [0.2, 0.25) is 11.8 Å². The highest BCUT2D eigenvalue weighted by atomic mass is 16.5. The topological polar surface area (TPSA) is 143 Å². The summed E-state index contributed by atoms with van der Waals surface area (Å²) >= 11 is 0. The zero-order chi connectivity index (χ0) is 31.7. The average molecular weight is 610 g/mol. The summed E-state index contributed by atoms with van der Waals surface area (Å²) in [4.78, 5) is 55.9. The molecule has 3 atom stereocenters. The molecule has 1 aliphatic heterocycles. The molecule has 0 bridgehead atoms. The van der Waals surface area contributed by atoms with Crippen LogP contribution in [0.15, 0.2) is 40.9 Å². The number of nitrogens with zero attached hydrogens (tertiary/aromatic N) is 2. The number of ketones is 1. The van der Waals surface area contributed by atoms with E-state index in [-0.39, 0.29) is 23.8 Å². The zero-order valence-electron chi connectivity index (χ0n) is 26.4. The molecule has 0 unspecified atom stereocenters.